The maximum absolute atomic E-state index is 6.40. The number of nitrogens with zero attached hydrogens (tertiary/aromatic N) is 3. The number of halogens is 1. The van der Waals surface area contributed by atoms with E-state index >= 15 is 0 Å². The number of rotatable bonds is 3. The maximum Gasteiger partial charge on any atom is 0.137 e. The van der Waals surface area contributed by atoms with Crippen molar-refractivity contribution < 1.29 is 0 Å². The Morgan fingerprint density at radius 3 is 2.48 bits per heavy atom. The maximum atomic E-state index is 6.40. The van der Waals surface area contributed by atoms with Gasteiger partial charge in [-0.3, -0.25) is 0 Å². The lowest BCUT2D eigenvalue weighted by molar-refractivity contribution is 0.428. The van der Waals surface area contributed by atoms with Crippen molar-refractivity contribution in [2.45, 2.75) is 70.3 Å². The molecule has 2 aliphatic carbocycles. The van der Waals surface area contributed by atoms with Gasteiger partial charge in [0.1, 0.15) is 16.8 Å². The zero-order valence-corrected chi connectivity index (χ0v) is 13.6. The van der Waals surface area contributed by atoms with Gasteiger partial charge in [-0.1, -0.05) is 24.4 Å². The van der Waals surface area contributed by atoms with Gasteiger partial charge in [0.15, 0.2) is 0 Å². The van der Waals surface area contributed by atoms with Gasteiger partial charge in [0.25, 0.3) is 0 Å². The Labute approximate surface area is 132 Å². The molecule has 0 spiro atoms. The van der Waals surface area contributed by atoms with Crippen LogP contribution >= 0.6 is 11.6 Å². The van der Waals surface area contributed by atoms with Crippen LogP contribution in [0.5, 0.6) is 0 Å². The molecule has 0 aromatic carbocycles. The van der Waals surface area contributed by atoms with Crippen LogP contribution < -0.4 is 4.90 Å². The molecule has 114 valence electrons. The highest BCUT2D eigenvalue weighted by Crippen LogP contribution is 2.42. The van der Waals surface area contributed by atoms with Crippen LogP contribution in [0, 0.1) is 12.8 Å². The van der Waals surface area contributed by atoms with E-state index in [1.807, 2.05) is 0 Å². The van der Waals surface area contributed by atoms with Crippen molar-refractivity contribution in [3.8, 4) is 0 Å². The number of hydrogen-bond donors (Lipinski definition) is 0. The summed E-state index contributed by atoms with van der Waals surface area (Å²) in [5, 5.41) is 0.666. The van der Waals surface area contributed by atoms with Crippen LogP contribution in [0.25, 0.3) is 0 Å². The van der Waals surface area contributed by atoms with Crippen molar-refractivity contribution in [3.63, 3.8) is 0 Å². The summed E-state index contributed by atoms with van der Waals surface area (Å²) in [4.78, 5) is 12.0. The molecule has 4 heteroatoms. The normalized spacial score (nSPS) is 26.8. The Balaban J connectivity index is 1.67. The minimum Gasteiger partial charge on any atom is -0.353 e. The average Bonchev–Trinajstić information content (AvgIpc) is 3.00. The molecular formula is C17H24ClN3. The van der Waals surface area contributed by atoms with Crippen LogP contribution in [0.2, 0.25) is 5.15 Å². The molecule has 1 atom stereocenters. The van der Waals surface area contributed by atoms with Crippen molar-refractivity contribution in [1.82, 2.24) is 9.97 Å². The van der Waals surface area contributed by atoms with Gasteiger partial charge < -0.3 is 4.90 Å². The van der Waals surface area contributed by atoms with Gasteiger partial charge in [0.05, 0.1) is 0 Å². The fraction of sp³-hybridized carbons (Fsp3) is 0.765. The average molecular weight is 306 g/mol. The van der Waals surface area contributed by atoms with E-state index in [1.165, 1.54) is 51.4 Å². The van der Waals surface area contributed by atoms with E-state index < -0.39 is 0 Å². The zero-order valence-electron chi connectivity index (χ0n) is 12.8. The van der Waals surface area contributed by atoms with Crippen molar-refractivity contribution >= 4 is 17.4 Å². The van der Waals surface area contributed by atoms with Crippen LogP contribution in [0.15, 0.2) is 0 Å². The van der Waals surface area contributed by atoms with Gasteiger partial charge in [0.2, 0.25) is 0 Å². The Kier molecular flexibility index (Phi) is 3.56. The van der Waals surface area contributed by atoms with Crippen molar-refractivity contribution in [1.29, 1.82) is 0 Å². The molecule has 0 radical (unpaired) electrons. The van der Waals surface area contributed by atoms with E-state index in [2.05, 4.69) is 16.8 Å². The second kappa shape index (κ2) is 5.42. The van der Waals surface area contributed by atoms with E-state index in [9.17, 15) is 0 Å². The Morgan fingerprint density at radius 1 is 1.00 bits per heavy atom. The van der Waals surface area contributed by atoms with E-state index in [4.69, 9.17) is 16.6 Å². The summed E-state index contributed by atoms with van der Waals surface area (Å²) >= 11 is 6.40. The van der Waals surface area contributed by atoms with Crippen LogP contribution in [-0.4, -0.2) is 22.6 Å². The molecule has 4 rings (SSSR count). The lowest BCUT2D eigenvalue weighted by Crippen LogP contribution is -2.36. The third-order valence-electron chi connectivity index (χ3n) is 5.54. The van der Waals surface area contributed by atoms with Crippen LogP contribution in [-0.2, 0) is 0 Å². The first kappa shape index (κ1) is 13.8. The quantitative estimate of drug-likeness (QED) is 0.771. The predicted octanol–water partition coefficient (Wildman–Crippen LogP) is 4.47. The van der Waals surface area contributed by atoms with E-state index in [-0.39, 0.29) is 0 Å². The molecule has 3 nitrogen and oxygen atoms in total. The minimum atomic E-state index is 0.564. The lowest BCUT2D eigenvalue weighted by Gasteiger charge is -2.31. The second-order valence-corrected chi connectivity index (χ2v) is 7.40. The second-order valence-electron chi connectivity index (χ2n) is 7.04. The molecule has 21 heavy (non-hydrogen) atoms. The Bertz CT molecular complexity index is 535. The molecule has 1 saturated heterocycles. The summed E-state index contributed by atoms with van der Waals surface area (Å²) in [6, 6.07) is 0.684. The first-order valence-corrected chi connectivity index (χ1v) is 8.92. The fourth-order valence-electron chi connectivity index (χ4n) is 4.19. The highest BCUT2D eigenvalue weighted by Gasteiger charge is 2.36. The predicted molar refractivity (Wildman–Crippen MR) is 86.1 cm³/mol. The molecule has 1 aromatic heterocycles. The van der Waals surface area contributed by atoms with Gasteiger partial charge in [-0.15, -0.1) is 0 Å². The van der Waals surface area contributed by atoms with Gasteiger partial charge in [-0.2, -0.15) is 0 Å². The Morgan fingerprint density at radius 2 is 1.76 bits per heavy atom. The zero-order chi connectivity index (χ0) is 14.4. The third-order valence-corrected chi connectivity index (χ3v) is 5.90. The molecule has 1 unspecified atom stereocenters. The Hall–Kier alpha value is -0.830. The van der Waals surface area contributed by atoms with Crippen molar-refractivity contribution in [2.24, 2.45) is 5.92 Å². The molecule has 0 N–H and O–H groups in total. The van der Waals surface area contributed by atoms with Gasteiger partial charge in [-0.05, 0) is 51.4 Å². The lowest BCUT2D eigenvalue weighted by atomic mass is 9.96. The van der Waals surface area contributed by atoms with E-state index in [1.54, 1.807) is 0 Å². The SMILES string of the molecule is Cc1c(Cl)nc(C2CC2)nc1N1CCCC1C1CCCC1. The van der Waals surface area contributed by atoms with Gasteiger partial charge in [0, 0.05) is 24.1 Å². The summed E-state index contributed by atoms with van der Waals surface area (Å²) in [6.07, 6.45) is 10.7. The molecule has 1 aromatic rings. The molecule has 3 aliphatic rings. The summed E-state index contributed by atoms with van der Waals surface area (Å²) in [5.74, 6) is 3.54. The van der Waals surface area contributed by atoms with Crippen molar-refractivity contribution in [3.05, 3.63) is 16.5 Å². The summed E-state index contributed by atoms with van der Waals surface area (Å²) in [7, 11) is 0. The van der Waals surface area contributed by atoms with Crippen LogP contribution in [0.1, 0.15) is 68.7 Å². The molecule has 2 saturated carbocycles. The minimum absolute atomic E-state index is 0.564. The number of aromatic nitrogens is 2. The topological polar surface area (TPSA) is 29.0 Å². The number of anilines is 1. The third kappa shape index (κ3) is 2.54. The molecule has 3 fully saturated rings. The van der Waals surface area contributed by atoms with Gasteiger partial charge in [-0.25, -0.2) is 9.97 Å². The van der Waals surface area contributed by atoms with E-state index in [0.717, 1.165) is 29.7 Å². The molecular weight excluding hydrogens is 282 g/mol. The highest BCUT2D eigenvalue weighted by molar-refractivity contribution is 6.30. The fourth-order valence-corrected chi connectivity index (χ4v) is 4.36. The molecule has 0 bridgehead atoms. The monoisotopic (exact) mass is 305 g/mol. The first-order valence-electron chi connectivity index (χ1n) is 8.54. The standard InChI is InChI=1S/C17H24ClN3/c1-11-15(18)19-16(13-8-9-13)20-17(11)21-10-4-7-14(21)12-5-2-3-6-12/h12-14H,2-10H2,1H3. The summed E-state index contributed by atoms with van der Waals surface area (Å²) in [6.45, 7) is 3.22. The number of hydrogen-bond acceptors (Lipinski definition) is 3. The molecule has 0 amide bonds. The smallest absolute Gasteiger partial charge is 0.137 e. The first-order chi connectivity index (χ1) is 10.2. The van der Waals surface area contributed by atoms with Crippen molar-refractivity contribution in [2.75, 3.05) is 11.4 Å². The van der Waals surface area contributed by atoms with E-state index in [0.29, 0.717) is 17.1 Å². The van der Waals surface area contributed by atoms with Crippen LogP contribution in [0.3, 0.4) is 0 Å². The van der Waals surface area contributed by atoms with Crippen LogP contribution in [0.4, 0.5) is 5.82 Å². The largest absolute Gasteiger partial charge is 0.353 e. The molecule has 1 aliphatic heterocycles. The summed E-state index contributed by atoms with van der Waals surface area (Å²) in [5.41, 5.74) is 1.07. The summed E-state index contributed by atoms with van der Waals surface area (Å²) < 4.78 is 0. The van der Waals surface area contributed by atoms with Gasteiger partial charge >= 0.3 is 0 Å². The molecule has 2 heterocycles. The highest BCUT2D eigenvalue weighted by atomic mass is 35.5.